The number of hydrogen-bond acceptors (Lipinski definition) is 2. The first-order valence-electron chi connectivity index (χ1n) is 8.53. The smallest absolute Gasteiger partial charge is 0.137 e. The Labute approximate surface area is 138 Å². The molecule has 122 valence electrons. The summed E-state index contributed by atoms with van der Waals surface area (Å²) in [6.45, 7) is 3.14. The van der Waals surface area contributed by atoms with E-state index >= 15 is 0 Å². The van der Waals surface area contributed by atoms with E-state index in [0.717, 1.165) is 12.2 Å². The second-order valence-electron chi connectivity index (χ2n) is 6.42. The van der Waals surface area contributed by atoms with Gasteiger partial charge in [0.25, 0.3) is 0 Å². The summed E-state index contributed by atoms with van der Waals surface area (Å²) in [5, 5.41) is 12.3. The molecule has 0 heterocycles. The van der Waals surface area contributed by atoms with Gasteiger partial charge >= 0.3 is 0 Å². The predicted octanol–water partition coefficient (Wildman–Crippen LogP) is 2.24. The van der Waals surface area contributed by atoms with Crippen LogP contribution in [0.3, 0.4) is 0 Å². The predicted molar refractivity (Wildman–Crippen MR) is 91.6 cm³/mol. The maximum absolute atomic E-state index is 10.1. The summed E-state index contributed by atoms with van der Waals surface area (Å²) >= 11 is 0. The lowest BCUT2D eigenvalue weighted by molar-refractivity contribution is -0.698. The quantitative estimate of drug-likeness (QED) is 0.823. The molecule has 2 atom stereocenters. The molecule has 0 saturated heterocycles. The van der Waals surface area contributed by atoms with Crippen LogP contribution in [-0.2, 0) is 12.8 Å². The first-order valence-corrected chi connectivity index (χ1v) is 8.53. The summed E-state index contributed by atoms with van der Waals surface area (Å²) in [6.07, 6.45) is 3.12. The maximum Gasteiger partial charge on any atom is 0.137 e. The van der Waals surface area contributed by atoms with E-state index in [4.69, 9.17) is 4.74 Å². The highest BCUT2D eigenvalue weighted by Crippen LogP contribution is 2.26. The van der Waals surface area contributed by atoms with Crippen molar-refractivity contribution >= 4 is 0 Å². The number of hydrogen-bond donors (Lipinski definition) is 2. The Balaban J connectivity index is 1.44. The molecule has 0 amide bonds. The molecular weight excluding hydrogens is 286 g/mol. The van der Waals surface area contributed by atoms with Crippen molar-refractivity contribution in [2.75, 3.05) is 13.2 Å². The largest absolute Gasteiger partial charge is 0.491 e. The second kappa shape index (κ2) is 7.62. The van der Waals surface area contributed by atoms with Crippen LogP contribution in [-0.4, -0.2) is 24.4 Å². The normalized spacial score (nSPS) is 15.9. The Morgan fingerprint density at radius 1 is 1.09 bits per heavy atom. The molecule has 0 aliphatic heterocycles. The third-order valence-corrected chi connectivity index (χ3v) is 4.60. The molecule has 0 fully saturated rings. The zero-order chi connectivity index (χ0) is 16.1. The SMILES string of the molecule is C[C@@H]([NH2+]C[C@@H](O)COc1ccc2c(c1)CCC2)c1ccccc1. The Morgan fingerprint density at radius 3 is 2.70 bits per heavy atom. The minimum absolute atomic E-state index is 0.339. The molecule has 0 saturated carbocycles. The fourth-order valence-electron chi connectivity index (χ4n) is 3.15. The van der Waals surface area contributed by atoms with Gasteiger partial charge in [-0.15, -0.1) is 0 Å². The molecule has 3 heteroatoms. The van der Waals surface area contributed by atoms with Gasteiger partial charge in [-0.05, 0) is 49.4 Å². The second-order valence-corrected chi connectivity index (χ2v) is 6.42. The van der Waals surface area contributed by atoms with Crippen molar-refractivity contribution in [3.8, 4) is 5.75 Å². The molecule has 3 rings (SSSR count). The molecule has 0 unspecified atom stereocenters. The molecule has 0 radical (unpaired) electrons. The summed E-state index contributed by atoms with van der Waals surface area (Å²) in [4.78, 5) is 0. The van der Waals surface area contributed by atoms with E-state index in [1.165, 1.54) is 29.5 Å². The number of aliphatic hydroxyl groups excluding tert-OH is 1. The highest BCUT2D eigenvalue weighted by atomic mass is 16.5. The zero-order valence-corrected chi connectivity index (χ0v) is 13.7. The van der Waals surface area contributed by atoms with Gasteiger partial charge in [0, 0.05) is 5.56 Å². The molecule has 1 aliphatic rings. The van der Waals surface area contributed by atoms with Gasteiger partial charge in [0.2, 0.25) is 0 Å². The van der Waals surface area contributed by atoms with E-state index < -0.39 is 6.10 Å². The summed E-state index contributed by atoms with van der Waals surface area (Å²) in [5.41, 5.74) is 4.13. The fraction of sp³-hybridized carbons (Fsp3) is 0.400. The number of fused-ring (bicyclic) bond motifs is 1. The highest BCUT2D eigenvalue weighted by Gasteiger charge is 2.14. The Morgan fingerprint density at radius 2 is 1.87 bits per heavy atom. The minimum Gasteiger partial charge on any atom is -0.491 e. The third kappa shape index (κ3) is 4.34. The van der Waals surface area contributed by atoms with Crippen LogP contribution in [0.1, 0.15) is 36.1 Å². The van der Waals surface area contributed by atoms with Crippen LogP contribution in [0.25, 0.3) is 0 Å². The van der Waals surface area contributed by atoms with Gasteiger partial charge in [0.1, 0.15) is 31.0 Å². The number of nitrogens with two attached hydrogens (primary N) is 1. The van der Waals surface area contributed by atoms with Crippen LogP contribution >= 0.6 is 0 Å². The molecule has 0 spiro atoms. The van der Waals surface area contributed by atoms with E-state index in [2.05, 4.69) is 36.5 Å². The first kappa shape index (κ1) is 16.0. The van der Waals surface area contributed by atoms with Crippen molar-refractivity contribution in [1.82, 2.24) is 0 Å². The monoisotopic (exact) mass is 312 g/mol. The van der Waals surface area contributed by atoms with E-state index in [1.54, 1.807) is 0 Å². The van der Waals surface area contributed by atoms with Gasteiger partial charge in [-0.25, -0.2) is 0 Å². The molecule has 3 nitrogen and oxygen atoms in total. The van der Waals surface area contributed by atoms with E-state index in [-0.39, 0.29) is 0 Å². The average molecular weight is 312 g/mol. The molecule has 23 heavy (non-hydrogen) atoms. The number of benzene rings is 2. The van der Waals surface area contributed by atoms with Crippen LogP contribution in [0.5, 0.6) is 5.75 Å². The van der Waals surface area contributed by atoms with Crippen molar-refractivity contribution in [2.45, 2.75) is 38.3 Å². The van der Waals surface area contributed by atoms with Crippen LogP contribution < -0.4 is 10.1 Å². The summed E-state index contributed by atoms with van der Waals surface area (Å²) in [5.74, 6) is 0.876. The fourth-order valence-corrected chi connectivity index (χ4v) is 3.15. The van der Waals surface area contributed by atoms with Crippen molar-refractivity contribution in [3.63, 3.8) is 0 Å². The number of rotatable bonds is 7. The van der Waals surface area contributed by atoms with E-state index in [0.29, 0.717) is 19.2 Å². The van der Waals surface area contributed by atoms with Crippen LogP contribution in [0, 0.1) is 0 Å². The third-order valence-electron chi connectivity index (χ3n) is 4.60. The Bertz CT molecular complexity index is 627. The topological polar surface area (TPSA) is 46.1 Å². The Hall–Kier alpha value is -1.84. The van der Waals surface area contributed by atoms with Gasteiger partial charge in [-0.3, -0.25) is 0 Å². The van der Waals surface area contributed by atoms with Crippen molar-refractivity contribution in [2.24, 2.45) is 0 Å². The van der Waals surface area contributed by atoms with Crippen LogP contribution in [0.15, 0.2) is 48.5 Å². The maximum atomic E-state index is 10.1. The molecule has 2 aromatic rings. The van der Waals surface area contributed by atoms with Gasteiger partial charge in [-0.1, -0.05) is 36.4 Å². The lowest BCUT2D eigenvalue weighted by Gasteiger charge is -2.15. The molecule has 0 bridgehead atoms. The summed E-state index contributed by atoms with van der Waals surface area (Å²) in [7, 11) is 0. The summed E-state index contributed by atoms with van der Waals surface area (Å²) in [6, 6.07) is 17.0. The zero-order valence-electron chi connectivity index (χ0n) is 13.7. The van der Waals surface area contributed by atoms with E-state index in [9.17, 15) is 5.11 Å². The Kier molecular flexibility index (Phi) is 5.31. The van der Waals surface area contributed by atoms with Gasteiger partial charge < -0.3 is 15.2 Å². The number of quaternary nitrogens is 1. The molecule has 3 N–H and O–H groups in total. The average Bonchev–Trinajstić information content (AvgIpc) is 3.06. The lowest BCUT2D eigenvalue weighted by Crippen LogP contribution is -2.87. The van der Waals surface area contributed by atoms with Crippen LogP contribution in [0.2, 0.25) is 0 Å². The van der Waals surface area contributed by atoms with Gasteiger partial charge in [0.15, 0.2) is 0 Å². The van der Waals surface area contributed by atoms with Crippen molar-refractivity contribution in [3.05, 3.63) is 65.2 Å². The molecule has 0 aromatic heterocycles. The van der Waals surface area contributed by atoms with Crippen LogP contribution in [0.4, 0.5) is 0 Å². The minimum atomic E-state index is -0.464. The van der Waals surface area contributed by atoms with Crippen molar-refractivity contribution in [1.29, 1.82) is 0 Å². The lowest BCUT2D eigenvalue weighted by atomic mass is 10.1. The van der Waals surface area contributed by atoms with Gasteiger partial charge in [0.05, 0.1) is 0 Å². The highest BCUT2D eigenvalue weighted by molar-refractivity contribution is 5.38. The standard InChI is InChI=1S/C20H25NO2/c1-15(16-6-3-2-4-7-16)21-13-19(22)14-23-20-11-10-17-8-5-9-18(17)12-20/h2-4,6-7,10-12,15,19,21-22H,5,8-9,13-14H2,1H3/p+1/t15-,19-/m1/s1. The molecule has 1 aliphatic carbocycles. The van der Waals surface area contributed by atoms with Gasteiger partial charge in [-0.2, -0.15) is 0 Å². The first-order chi connectivity index (χ1) is 11.2. The molecular formula is C20H26NO2+. The van der Waals surface area contributed by atoms with Crippen molar-refractivity contribution < 1.29 is 15.2 Å². The number of aryl methyl sites for hydroxylation is 2. The number of aliphatic hydroxyl groups is 1. The van der Waals surface area contributed by atoms with E-state index in [1.807, 2.05) is 24.3 Å². The number of ether oxygens (including phenoxy) is 1. The summed E-state index contributed by atoms with van der Waals surface area (Å²) < 4.78 is 5.76. The molecule has 2 aromatic carbocycles.